The van der Waals surface area contributed by atoms with E-state index >= 15 is 0 Å². The number of rotatable bonds is 4. The molecular weight excluding hydrogens is 288 g/mol. The Morgan fingerprint density at radius 1 is 0.909 bits per heavy atom. The monoisotopic (exact) mass is 318 g/mol. The van der Waals surface area contributed by atoms with Crippen LogP contribution >= 0.6 is 0 Å². The fraction of sp³-hybridized carbons (Fsp3) is 0.938. The van der Waals surface area contributed by atoms with Gasteiger partial charge in [0.05, 0.1) is 0 Å². The fourth-order valence-corrected chi connectivity index (χ4v) is 3.14. The van der Waals surface area contributed by atoms with Crippen molar-refractivity contribution in [3.63, 3.8) is 0 Å². The number of Topliss-reactive ketones (excluding diaryl/α,β-unsaturated/α-hetero) is 1. The maximum atomic E-state index is 11.3. The van der Waals surface area contributed by atoms with Gasteiger partial charge in [-0.3, -0.25) is 4.79 Å². The van der Waals surface area contributed by atoms with E-state index in [0.29, 0.717) is 12.8 Å². The Morgan fingerprint density at radius 3 is 1.86 bits per heavy atom. The summed E-state index contributed by atoms with van der Waals surface area (Å²) in [4.78, 5) is 11.3. The summed E-state index contributed by atoms with van der Waals surface area (Å²) in [7, 11) is 6.20. The van der Waals surface area contributed by atoms with Gasteiger partial charge < -0.3 is 24.1 Å². The second kappa shape index (κ2) is 8.93. The number of ketones is 1. The van der Waals surface area contributed by atoms with Crippen LogP contribution in [0, 0.1) is 0 Å². The number of aliphatic hydroxyl groups excluding tert-OH is 1. The lowest BCUT2D eigenvalue weighted by atomic mass is 9.91. The van der Waals surface area contributed by atoms with Gasteiger partial charge in [-0.15, -0.1) is 0 Å². The minimum atomic E-state index is -0.918. The van der Waals surface area contributed by atoms with Crippen LogP contribution in [0.15, 0.2) is 0 Å². The van der Waals surface area contributed by atoms with Crippen LogP contribution in [0.2, 0.25) is 0 Å². The molecule has 1 unspecified atom stereocenters. The number of hydrogen-bond donors (Lipinski definition) is 1. The van der Waals surface area contributed by atoms with Gasteiger partial charge in [0.1, 0.15) is 6.10 Å². The van der Waals surface area contributed by atoms with Crippen LogP contribution in [0.4, 0.5) is 0 Å². The maximum absolute atomic E-state index is 11.3. The molecule has 0 aliphatic heterocycles. The third-order valence-corrected chi connectivity index (χ3v) is 4.70. The van der Waals surface area contributed by atoms with Crippen molar-refractivity contribution in [1.29, 1.82) is 0 Å². The zero-order chi connectivity index (χ0) is 16.6. The highest BCUT2D eigenvalue weighted by Gasteiger charge is 2.40. The molecule has 0 heterocycles. The summed E-state index contributed by atoms with van der Waals surface area (Å²) in [6.07, 6.45) is 6.49. The first-order valence-electron chi connectivity index (χ1n) is 7.92. The second-order valence-electron chi connectivity index (χ2n) is 5.77. The first kappa shape index (κ1) is 19.5. The average molecular weight is 318 g/mol. The molecular formula is C16H30O6. The molecule has 2 aliphatic carbocycles. The standard InChI is InChI=1S/C8H16O3.C8H14O3/c2*1-10-8(11-2)6-4-3-5-7(8)9/h7,9H,3-6H2,1-2H3;3-6H2,1-2H3. The molecule has 0 bridgehead atoms. The van der Waals surface area contributed by atoms with Crippen LogP contribution in [0.1, 0.15) is 51.4 Å². The topological polar surface area (TPSA) is 74.2 Å². The van der Waals surface area contributed by atoms with Crippen molar-refractivity contribution in [2.75, 3.05) is 28.4 Å². The molecule has 22 heavy (non-hydrogen) atoms. The first-order chi connectivity index (χ1) is 10.5. The number of carbonyl (C=O) groups is 1. The van der Waals surface area contributed by atoms with Crippen molar-refractivity contribution in [3.05, 3.63) is 0 Å². The van der Waals surface area contributed by atoms with Crippen LogP contribution < -0.4 is 0 Å². The third kappa shape index (κ3) is 4.26. The molecule has 0 aromatic heterocycles. The van der Waals surface area contributed by atoms with Gasteiger partial charge in [0.2, 0.25) is 5.79 Å². The van der Waals surface area contributed by atoms with Crippen LogP contribution in [0.25, 0.3) is 0 Å². The Bertz CT molecular complexity index is 336. The van der Waals surface area contributed by atoms with Gasteiger partial charge in [-0.25, -0.2) is 0 Å². The predicted molar refractivity (Wildman–Crippen MR) is 81.4 cm³/mol. The highest BCUT2D eigenvalue weighted by molar-refractivity contribution is 5.86. The zero-order valence-electron chi connectivity index (χ0n) is 14.2. The van der Waals surface area contributed by atoms with Crippen molar-refractivity contribution in [3.8, 4) is 0 Å². The predicted octanol–water partition coefficient (Wildman–Crippen LogP) is 2.03. The minimum Gasteiger partial charge on any atom is -0.388 e. The maximum Gasteiger partial charge on any atom is 0.228 e. The van der Waals surface area contributed by atoms with Crippen molar-refractivity contribution < 1.29 is 28.8 Å². The van der Waals surface area contributed by atoms with Gasteiger partial charge in [0.25, 0.3) is 0 Å². The van der Waals surface area contributed by atoms with E-state index in [2.05, 4.69) is 0 Å². The summed E-state index contributed by atoms with van der Waals surface area (Å²) in [5.41, 5.74) is 0. The smallest absolute Gasteiger partial charge is 0.228 e. The van der Waals surface area contributed by atoms with E-state index in [1.54, 1.807) is 14.2 Å². The summed E-state index contributed by atoms with van der Waals surface area (Å²) >= 11 is 0. The van der Waals surface area contributed by atoms with E-state index in [1.807, 2.05) is 0 Å². The van der Waals surface area contributed by atoms with Gasteiger partial charge in [-0.1, -0.05) is 6.42 Å². The molecule has 1 atom stereocenters. The largest absolute Gasteiger partial charge is 0.388 e. The van der Waals surface area contributed by atoms with Crippen LogP contribution in [-0.2, 0) is 23.7 Å². The molecule has 2 rings (SSSR count). The molecule has 0 aromatic rings. The van der Waals surface area contributed by atoms with E-state index < -0.39 is 17.7 Å². The average Bonchev–Trinajstić information content (AvgIpc) is 2.57. The molecule has 0 radical (unpaired) electrons. The normalized spacial score (nSPS) is 27.0. The lowest BCUT2D eigenvalue weighted by Crippen LogP contribution is -2.48. The minimum absolute atomic E-state index is 0.0775. The highest BCUT2D eigenvalue weighted by atomic mass is 16.7. The lowest BCUT2D eigenvalue weighted by molar-refractivity contribution is -0.272. The molecule has 6 nitrogen and oxygen atoms in total. The van der Waals surface area contributed by atoms with Crippen LogP contribution in [-0.4, -0.2) is 57.0 Å². The fourth-order valence-electron chi connectivity index (χ4n) is 3.14. The first-order valence-corrected chi connectivity index (χ1v) is 7.92. The molecule has 6 heteroatoms. The van der Waals surface area contributed by atoms with E-state index in [-0.39, 0.29) is 5.78 Å². The molecule has 1 N–H and O–H groups in total. The molecule has 0 amide bonds. The number of methoxy groups -OCH3 is 4. The molecule has 0 spiro atoms. The van der Waals surface area contributed by atoms with Gasteiger partial charge in [-0.2, -0.15) is 0 Å². The second-order valence-corrected chi connectivity index (χ2v) is 5.77. The lowest BCUT2D eigenvalue weighted by Gasteiger charge is -2.38. The summed E-state index contributed by atoms with van der Waals surface area (Å²) in [6.45, 7) is 0. The van der Waals surface area contributed by atoms with E-state index in [1.165, 1.54) is 14.2 Å². The molecule has 2 aliphatic rings. The Kier molecular flexibility index (Phi) is 7.93. The third-order valence-electron chi connectivity index (χ3n) is 4.70. The number of ether oxygens (including phenoxy) is 4. The van der Waals surface area contributed by atoms with Crippen LogP contribution in [0.3, 0.4) is 0 Å². The van der Waals surface area contributed by atoms with Crippen LogP contribution in [0.5, 0.6) is 0 Å². The summed E-state index contributed by atoms with van der Waals surface area (Å²) in [5, 5.41) is 9.57. The van der Waals surface area contributed by atoms with Gasteiger partial charge >= 0.3 is 0 Å². The molecule has 2 fully saturated rings. The number of carbonyl (C=O) groups excluding carboxylic acids is 1. The molecule has 2 saturated carbocycles. The van der Waals surface area contributed by atoms with Gasteiger partial charge in [-0.05, 0) is 25.7 Å². The Hall–Kier alpha value is -0.530. The summed E-state index contributed by atoms with van der Waals surface area (Å²) in [6, 6.07) is 0. The SMILES string of the molecule is COC1(OC)CCCCC1=O.COC1(OC)CCCCC1O. The van der Waals surface area contributed by atoms with Crippen molar-refractivity contribution in [1.82, 2.24) is 0 Å². The van der Waals surface area contributed by atoms with Gasteiger partial charge in [0, 0.05) is 47.7 Å². The molecule has 0 saturated heterocycles. The van der Waals surface area contributed by atoms with E-state index in [9.17, 15) is 9.90 Å². The van der Waals surface area contributed by atoms with Gasteiger partial charge in [0.15, 0.2) is 11.6 Å². The Morgan fingerprint density at radius 2 is 1.50 bits per heavy atom. The number of hydrogen-bond acceptors (Lipinski definition) is 6. The van der Waals surface area contributed by atoms with Crippen molar-refractivity contribution in [2.45, 2.75) is 69.0 Å². The zero-order valence-corrected chi connectivity index (χ0v) is 14.2. The number of aliphatic hydroxyl groups is 1. The van der Waals surface area contributed by atoms with E-state index in [0.717, 1.165) is 38.5 Å². The summed E-state index contributed by atoms with van der Waals surface area (Å²) in [5.74, 6) is -1.56. The molecule has 130 valence electrons. The summed E-state index contributed by atoms with van der Waals surface area (Å²) < 4.78 is 20.5. The quantitative estimate of drug-likeness (QED) is 0.800. The Balaban J connectivity index is 0.000000220. The molecule has 0 aromatic carbocycles. The van der Waals surface area contributed by atoms with Crippen molar-refractivity contribution >= 4 is 5.78 Å². The van der Waals surface area contributed by atoms with Crippen molar-refractivity contribution in [2.24, 2.45) is 0 Å². The highest BCUT2D eigenvalue weighted by Crippen LogP contribution is 2.31. The Labute approximate surface area is 133 Å². The van der Waals surface area contributed by atoms with E-state index in [4.69, 9.17) is 18.9 Å².